The molecule has 1 aliphatic heterocycles. The fourth-order valence-corrected chi connectivity index (χ4v) is 2.76. The molecule has 1 N–H and O–H groups in total. The van der Waals surface area contributed by atoms with Crippen LogP contribution in [0.15, 0.2) is 18.2 Å². The second kappa shape index (κ2) is 5.05. The van der Waals surface area contributed by atoms with E-state index in [-0.39, 0.29) is 12.4 Å². The molecule has 1 aromatic carbocycles. The Morgan fingerprint density at radius 1 is 1.29 bits per heavy atom. The first-order valence-electron chi connectivity index (χ1n) is 6.24. The maximum absolute atomic E-state index is 13.9. The van der Waals surface area contributed by atoms with Crippen LogP contribution >= 0.6 is 0 Å². The Bertz CT molecular complexity index is 384. The van der Waals surface area contributed by atoms with Crippen LogP contribution in [0.5, 0.6) is 0 Å². The van der Waals surface area contributed by atoms with Crippen molar-refractivity contribution in [3.8, 4) is 0 Å². The van der Waals surface area contributed by atoms with Crippen molar-refractivity contribution in [3.05, 3.63) is 29.6 Å². The molecule has 0 radical (unpaired) electrons. The monoisotopic (exact) mass is 237 g/mol. The van der Waals surface area contributed by atoms with Crippen molar-refractivity contribution >= 4 is 5.69 Å². The smallest absolute Gasteiger partial charge is 0.146 e. The number of hydrogen-bond acceptors (Lipinski definition) is 2. The van der Waals surface area contributed by atoms with Crippen LogP contribution in [-0.4, -0.2) is 18.2 Å². The van der Waals surface area contributed by atoms with E-state index in [0.717, 1.165) is 13.1 Å². The van der Waals surface area contributed by atoms with Gasteiger partial charge in [0.1, 0.15) is 5.82 Å². The predicted octanol–water partition coefficient (Wildman–Crippen LogP) is 2.80. The summed E-state index contributed by atoms with van der Waals surface area (Å²) in [5.74, 6) is 0.990. The molecule has 0 saturated carbocycles. The molecule has 0 aliphatic carbocycles. The van der Waals surface area contributed by atoms with Gasteiger partial charge in [0, 0.05) is 13.1 Å². The van der Waals surface area contributed by atoms with E-state index in [1.807, 2.05) is 0 Å². The van der Waals surface area contributed by atoms with E-state index >= 15 is 0 Å². The number of piperidine rings is 1. The molecular weight excluding hydrogens is 217 g/mol. The normalized spacial score (nSPS) is 25.1. The molecule has 3 heteroatoms. The van der Waals surface area contributed by atoms with Gasteiger partial charge in [0.25, 0.3) is 0 Å². The minimum atomic E-state index is -0.224. The summed E-state index contributed by atoms with van der Waals surface area (Å²) in [6.07, 6.45) is 1.22. The van der Waals surface area contributed by atoms with Crippen molar-refractivity contribution in [3.63, 3.8) is 0 Å². The Labute approximate surface area is 102 Å². The van der Waals surface area contributed by atoms with Gasteiger partial charge in [0.05, 0.1) is 12.3 Å². The summed E-state index contributed by atoms with van der Waals surface area (Å²) in [6.45, 7) is 6.15. The minimum Gasteiger partial charge on any atom is -0.392 e. The number of aliphatic hydroxyl groups excluding tert-OH is 1. The summed E-state index contributed by atoms with van der Waals surface area (Å²) in [5.41, 5.74) is 1.30. The molecular formula is C14H20FNO. The van der Waals surface area contributed by atoms with Crippen LogP contribution in [-0.2, 0) is 6.61 Å². The van der Waals surface area contributed by atoms with Gasteiger partial charge in [-0.1, -0.05) is 19.9 Å². The summed E-state index contributed by atoms with van der Waals surface area (Å²) in [6, 6.07) is 5.01. The molecule has 2 atom stereocenters. The molecule has 0 aromatic heterocycles. The van der Waals surface area contributed by atoms with E-state index in [1.54, 1.807) is 12.1 Å². The van der Waals surface area contributed by atoms with E-state index in [9.17, 15) is 4.39 Å². The largest absolute Gasteiger partial charge is 0.392 e. The Morgan fingerprint density at radius 2 is 1.94 bits per heavy atom. The van der Waals surface area contributed by atoms with Crippen LogP contribution in [0.4, 0.5) is 10.1 Å². The second-order valence-corrected chi connectivity index (χ2v) is 5.29. The van der Waals surface area contributed by atoms with Crippen LogP contribution < -0.4 is 4.90 Å². The Balaban J connectivity index is 2.21. The lowest BCUT2D eigenvalue weighted by molar-refractivity contribution is 0.281. The minimum absolute atomic E-state index is 0.107. The molecule has 2 nitrogen and oxygen atoms in total. The van der Waals surface area contributed by atoms with Gasteiger partial charge in [-0.3, -0.25) is 0 Å². The predicted molar refractivity (Wildman–Crippen MR) is 67.5 cm³/mol. The number of anilines is 1. The first-order chi connectivity index (χ1) is 8.10. The highest BCUT2D eigenvalue weighted by molar-refractivity contribution is 5.49. The fourth-order valence-electron chi connectivity index (χ4n) is 2.76. The highest BCUT2D eigenvalue weighted by Gasteiger charge is 2.23. The van der Waals surface area contributed by atoms with Gasteiger partial charge in [-0.15, -0.1) is 0 Å². The molecule has 2 unspecified atom stereocenters. The van der Waals surface area contributed by atoms with Crippen LogP contribution in [0.3, 0.4) is 0 Å². The van der Waals surface area contributed by atoms with Gasteiger partial charge in [-0.25, -0.2) is 4.39 Å². The number of rotatable bonds is 2. The zero-order valence-electron chi connectivity index (χ0n) is 10.5. The molecule has 94 valence electrons. The lowest BCUT2D eigenvalue weighted by Crippen LogP contribution is -2.39. The zero-order valence-corrected chi connectivity index (χ0v) is 10.5. The maximum atomic E-state index is 13.9. The molecule has 2 rings (SSSR count). The third-order valence-electron chi connectivity index (χ3n) is 3.40. The van der Waals surface area contributed by atoms with Gasteiger partial charge >= 0.3 is 0 Å². The van der Waals surface area contributed by atoms with Crippen molar-refractivity contribution in [1.29, 1.82) is 0 Å². The molecule has 0 bridgehead atoms. The van der Waals surface area contributed by atoms with Gasteiger partial charge in [0.15, 0.2) is 0 Å². The third-order valence-corrected chi connectivity index (χ3v) is 3.40. The van der Waals surface area contributed by atoms with Crippen molar-refractivity contribution in [1.82, 2.24) is 0 Å². The molecule has 1 saturated heterocycles. The lowest BCUT2D eigenvalue weighted by Gasteiger charge is -2.36. The summed E-state index contributed by atoms with van der Waals surface area (Å²) >= 11 is 0. The van der Waals surface area contributed by atoms with Gasteiger partial charge in [-0.2, -0.15) is 0 Å². The van der Waals surface area contributed by atoms with Crippen LogP contribution in [0.1, 0.15) is 25.8 Å². The van der Waals surface area contributed by atoms with Crippen LogP contribution in [0.2, 0.25) is 0 Å². The first kappa shape index (κ1) is 12.4. The number of benzene rings is 1. The second-order valence-electron chi connectivity index (χ2n) is 5.29. The highest BCUT2D eigenvalue weighted by Crippen LogP contribution is 2.28. The van der Waals surface area contributed by atoms with Crippen LogP contribution in [0.25, 0.3) is 0 Å². The van der Waals surface area contributed by atoms with E-state index in [0.29, 0.717) is 23.1 Å². The molecule has 1 aliphatic rings. The molecule has 0 amide bonds. The maximum Gasteiger partial charge on any atom is 0.146 e. The van der Waals surface area contributed by atoms with E-state index in [1.165, 1.54) is 12.5 Å². The number of hydrogen-bond donors (Lipinski definition) is 1. The number of nitrogens with zero attached hydrogens (tertiary/aromatic N) is 1. The third kappa shape index (κ3) is 2.78. The number of aliphatic hydroxyl groups is 1. The Morgan fingerprint density at radius 3 is 2.47 bits per heavy atom. The van der Waals surface area contributed by atoms with Gasteiger partial charge < -0.3 is 10.0 Å². The van der Waals surface area contributed by atoms with Crippen molar-refractivity contribution in [2.24, 2.45) is 11.8 Å². The lowest BCUT2D eigenvalue weighted by atomic mass is 9.91. The van der Waals surface area contributed by atoms with Gasteiger partial charge in [-0.05, 0) is 36.0 Å². The van der Waals surface area contributed by atoms with E-state index in [2.05, 4.69) is 18.7 Å². The SMILES string of the molecule is CC1CC(C)CN(c2ccc(CO)cc2F)C1. The topological polar surface area (TPSA) is 23.5 Å². The Hall–Kier alpha value is -1.09. The van der Waals surface area contributed by atoms with Gasteiger partial charge in [0.2, 0.25) is 0 Å². The molecule has 0 spiro atoms. The van der Waals surface area contributed by atoms with Crippen molar-refractivity contribution < 1.29 is 9.50 Å². The summed E-state index contributed by atoms with van der Waals surface area (Å²) < 4.78 is 13.9. The average Bonchev–Trinajstić information content (AvgIpc) is 2.27. The van der Waals surface area contributed by atoms with Crippen molar-refractivity contribution in [2.75, 3.05) is 18.0 Å². The average molecular weight is 237 g/mol. The molecule has 1 fully saturated rings. The number of halogens is 1. The molecule has 1 heterocycles. The Kier molecular flexibility index (Phi) is 3.67. The van der Waals surface area contributed by atoms with Crippen LogP contribution in [0, 0.1) is 17.7 Å². The quantitative estimate of drug-likeness (QED) is 0.855. The molecule has 17 heavy (non-hydrogen) atoms. The first-order valence-corrected chi connectivity index (χ1v) is 6.24. The summed E-state index contributed by atoms with van der Waals surface area (Å²) in [7, 11) is 0. The van der Waals surface area contributed by atoms with Crippen molar-refractivity contribution in [2.45, 2.75) is 26.9 Å². The van der Waals surface area contributed by atoms with E-state index in [4.69, 9.17) is 5.11 Å². The summed E-state index contributed by atoms with van der Waals surface area (Å²) in [4.78, 5) is 2.12. The molecule has 1 aromatic rings. The summed E-state index contributed by atoms with van der Waals surface area (Å²) in [5, 5.41) is 8.97. The zero-order chi connectivity index (χ0) is 12.4. The van der Waals surface area contributed by atoms with E-state index < -0.39 is 0 Å². The standard InChI is InChI=1S/C14H20FNO/c1-10-5-11(2)8-16(7-10)14-4-3-12(9-17)6-13(14)15/h3-4,6,10-11,17H,5,7-9H2,1-2H3. The highest BCUT2D eigenvalue weighted by atomic mass is 19.1. The fraction of sp³-hybridized carbons (Fsp3) is 0.571.